The van der Waals surface area contributed by atoms with Gasteiger partial charge in [-0.1, -0.05) is 12.1 Å². The van der Waals surface area contributed by atoms with Crippen LogP contribution in [0.5, 0.6) is 0 Å². The van der Waals surface area contributed by atoms with Crippen LogP contribution >= 0.6 is 0 Å². The van der Waals surface area contributed by atoms with Gasteiger partial charge in [-0.15, -0.1) is 0 Å². The molecule has 0 aromatic heterocycles. The van der Waals surface area contributed by atoms with Gasteiger partial charge in [0.1, 0.15) is 0 Å². The van der Waals surface area contributed by atoms with Crippen molar-refractivity contribution in [3.63, 3.8) is 0 Å². The first-order valence-corrected chi connectivity index (χ1v) is 9.12. The molecule has 6 nitrogen and oxygen atoms in total. The number of hydrogen-bond acceptors (Lipinski definition) is 4. The number of carbonyl (C=O) groups excluding carboxylic acids is 1. The summed E-state index contributed by atoms with van der Waals surface area (Å²) < 4.78 is 28.1. The van der Waals surface area contributed by atoms with Crippen LogP contribution in [0.25, 0.3) is 10.8 Å². The van der Waals surface area contributed by atoms with E-state index in [1.54, 1.807) is 35.2 Å². The average Bonchev–Trinajstić information content (AvgIpc) is 2.78. The van der Waals surface area contributed by atoms with E-state index in [4.69, 9.17) is 0 Å². The van der Waals surface area contributed by atoms with Gasteiger partial charge < -0.3 is 10.2 Å². The molecule has 0 saturated carbocycles. The monoisotopic (exact) mass is 331 g/mol. The van der Waals surface area contributed by atoms with Crippen LogP contribution < -0.4 is 14.9 Å². The van der Waals surface area contributed by atoms with E-state index < -0.39 is 10.0 Å². The molecule has 2 N–H and O–H groups in total. The first-order chi connectivity index (χ1) is 11.0. The van der Waals surface area contributed by atoms with Crippen LogP contribution in [0.2, 0.25) is 0 Å². The second-order valence-electron chi connectivity index (χ2n) is 5.84. The zero-order valence-corrected chi connectivity index (χ0v) is 13.5. The fraction of sp³-hybridized carbons (Fsp3) is 0.312. The number of carbonyl (C=O) groups is 1. The molecule has 0 unspecified atom stereocenters. The molecular weight excluding hydrogens is 314 g/mol. The summed E-state index contributed by atoms with van der Waals surface area (Å²) >= 11 is 0. The molecule has 1 saturated heterocycles. The maximum atomic E-state index is 12.7. The highest BCUT2D eigenvalue weighted by Crippen LogP contribution is 2.39. The number of benzene rings is 2. The molecule has 120 valence electrons. The third kappa shape index (κ3) is 2.08. The smallest absolute Gasteiger partial charge is 0.258 e. The standard InChI is InChI=1S/C16H17N3O3S/c1-2-19-13-6-7-14(23(21,22)18-10-8-17-9-10)11-4-3-5-12(15(11)13)16(19)20/h3-7,10,17-18H,2,8-9H2,1H3. The fourth-order valence-electron chi connectivity index (χ4n) is 3.22. The van der Waals surface area contributed by atoms with E-state index in [1.807, 2.05) is 6.92 Å². The Morgan fingerprint density at radius 2 is 2.04 bits per heavy atom. The Kier molecular flexibility index (Phi) is 3.19. The molecule has 2 aromatic carbocycles. The van der Waals surface area contributed by atoms with E-state index >= 15 is 0 Å². The summed E-state index contributed by atoms with van der Waals surface area (Å²) in [5, 5.41) is 4.37. The Morgan fingerprint density at radius 3 is 2.70 bits per heavy atom. The second kappa shape index (κ2) is 5.02. The quantitative estimate of drug-likeness (QED) is 0.878. The molecule has 0 radical (unpaired) electrons. The Hall–Kier alpha value is -1.96. The minimum absolute atomic E-state index is 0.0706. The third-order valence-electron chi connectivity index (χ3n) is 4.45. The number of rotatable bonds is 4. The van der Waals surface area contributed by atoms with Crippen molar-refractivity contribution in [3.05, 3.63) is 35.9 Å². The van der Waals surface area contributed by atoms with Crippen molar-refractivity contribution in [1.29, 1.82) is 0 Å². The highest BCUT2D eigenvalue weighted by Gasteiger charge is 2.32. The van der Waals surface area contributed by atoms with Crippen molar-refractivity contribution >= 4 is 32.4 Å². The van der Waals surface area contributed by atoms with Crippen LogP contribution in [-0.2, 0) is 10.0 Å². The Balaban J connectivity index is 1.91. The SMILES string of the molecule is CCN1C(=O)c2cccc3c(S(=O)(=O)NC4CNC4)ccc1c23. The van der Waals surface area contributed by atoms with E-state index in [9.17, 15) is 13.2 Å². The predicted molar refractivity (Wildman–Crippen MR) is 88.3 cm³/mol. The maximum Gasteiger partial charge on any atom is 0.258 e. The number of nitrogens with one attached hydrogen (secondary N) is 2. The molecule has 2 heterocycles. The molecule has 0 bridgehead atoms. The lowest BCUT2D eigenvalue weighted by molar-refractivity contribution is 0.0994. The lowest BCUT2D eigenvalue weighted by Crippen LogP contribution is -2.56. The zero-order valence-electron chi connectivity index (χ0n) is 12.7. The molecule has 0 spiro atoms. The van der Waals surface area contributed by atoms with E-state index in [0.29, 0.717) is 30.6 Å². The first-order valence-electron chi connectivity index (χ1n) is 7.63. The number of hydrogen-bond donors (Lipinski definition) is 2. The third-order valence-corrected chi connectivity index (χ3v) is 6.03. The van der Waals surface area contributed by atoms with Gasteiger partial charge in [0, 0.05) is 42.0 Å². The van der Waals surface area contributed by atoms with Crippen molar-refractivity contribution in [1.82, 2.24) is 10.0 Å². The summed E-state index contributed by atoms with van der Waals surface area (Å²) in [6, 6.07) is 8.51. The highest BCUT2D eigenvalue weighted by atomic mass is 32.2. The Labute approximate surface area is 134 Å². The van der Waals surface area contributed by atoms with Gasteiger partial charge in [-0.25, -0.2) is 13.1 Å². The molecule has 1 amide bonds. The molecule has 0 aliphatic carbocycles. The van der Waals surface area contributed by atoms with Crippen molar-refractivity contribution in [2.75, 3.05) is 24.5 Å². The largest absolute Gasteiger partial charge is 0.313 e. The minimum atomic E-state index is -3.61. The first kappa shape index (κ1) is 14.6. The summed E-state index contributed by atoms with van der Waals surface area (Å²) in [7, 11) is -3.61. The van der Waals surface area contributed by atoms with E-state index in [0.717, 1.165) is 11.1 Å². The number of amides is 1. The van der Waals surface area contributed by atoms with E-state index in [-0.39, 0.29) is 16.8 Å². The molecule has 2 aliphatic rings. The summed E-state index contributed by atoms with van der Waals surface area (Å²) in [5.41, 5.74) is 1.36. The van der Waals surface area contributed by atoms with Crippen LogP contribution in [0, 0.1) is 0 Å². The van der Waals surface area contributed by atoms with Crippen LogP contribution in [0.3, 0.4) is 0 Å². The van der Waals surface area contributed by atoms with Gasteiger partial charge in [0.25, 0.3) is 5.91 Å². The van der Waals surface area contributed by atoms with Gasteiger partial charge in [0.15, 0.2) is 0 Å². The molecule has 0 atom stereocenters. The Morgan fingerprint density at radius 1 is 1.26 bits per heavy atom. The highest BCUT2D eigenvalue weighted by molar-refractivity contribution is 7.89. The van der Waals surface area contributed by atoms with Crippen LogP contribution in [-0.4, -0.2) is 40.0 Å². The van der Waals surface area contributed by atoms with Gasteiger partial charge >= 0.3 is 0 Å². The van der Waals surface area contributed by atoms with Crippen LogP contribution in [0.15, 0.2) is 35.2 Å². The van der Waals surface area contributed by atoms with Gasteiger partial charge in [-0.3, -0.25) is 4.79 Å². The van der Waals surface area contributed by atoms with Crippen molar-refractivity contribution in [2.45, 2.75) is 17.9 Å². The summed E-state index contributed by atoms with van der Waals surface area (Å²) in [4.78, 5) is 14.4. The molecular formula is C16H17N3O3S. The molecule has 1 fully saturated rings. The van der Waals surface area contributed by atoms with Crippen LogP contribution in [0.1, 0.15) is 17.3 Å². The van der Waals surface area contributed by atoms with Gasteiger partial charge in [-0.05, 0) is 25.1 Å². The fourth-order valence-corrected chi connectivity index (χ4v) is 4.66. The summed E-state index contributed by atoms with van der Waals surface area (Å²) in [5.74, 6) is -0.0706. The number of nitrogens with zero attached hydrogens (tertiary/aromatic N) is 1. The van der Waals surface area contributed by atoms with Crippen LogP contribution in [0.4, 0.5) is 5.69 Å². The molecule has 4 rings (SSSR count). The van der Waals surface area contributed by atoms with Crippen molar-refractivity contribution < 1.29 is 13.2 Å². The lowest BCUT2D eigenvalue weighted by Gasteiger charge is -2.28. The maximum absolute atomic E-state index is 12.7. The van der Waals surface area contributed by atoms with Crippen molar-refractivity contribution in [3.8, 4) is 0 Å². The average molecular weight is 331 g/mol. The van der Waals surface area contributed by atoms with Gasteiger partial charge in [0.2, 0.25) is 10.0 Å². The predicted octanol–water partition coefficient (Wildman–Crippen LogP) is 1.07. The molecule has 7 heteroatoms. The summed E-state index contributed by atoms with van der Waals surface area (Å²) in [6.07, 6.45) is 0. The molecule has 23 heavy (non-hydrogen) atoms. The zero-order chi connectivity index (χ0) is 16.2. The number of anilines is 1. The lowest BCUT2D eigenvalue weighted by atomic mass is 10.1. The molecule has 2 aliphatic heterocycles. The van der Waals surface area contributed by atoms with Crippen molar-refractivity contribution in [2.24, 2.45) is 0 Å². The summed E-state index contributed by atoms with van der Waals surface area (Å²) in [6.45, 7) is 3.75. The van der Waals surface area contributed by atoms with E-state index in [1.165, 1.54) is 0 Å². The number of sulfonamides is 1. The topological polar surface area (TPSA) is 78.5 Å². The van der Waals surface area contributed by atoms with Gasteiger partial charge in [-0.2, -0.15) is 0 Å². The normalized spacial score (nSPS) is 17.8. The second-order valence-corrected chi connectivity index (χ2v) is 7.52. The van der Waals surface area contributed by atoms with E-state index in [2.05, 4.69) is 10.0 Å². The molecule has 2 aromatic rings. The minimum Gasteiger partial charge on any atom is -0.313 e. The van der Waals surface area contributed by atoms with Gasteiger partial charge in [0.05, 0.1) is 10.6 Å². The Bertz CT molecular complexity index is 920.